The minimum Gasteiger partial charge on any atom is -0.455 e. The Kier molecular flexibility index (Phi) is 8.45. The Labute approximate surface area is 402 Å². The lowest BCUT2D eigenvalue weighted by atomic mass is 9.96. The van der Waals surface area contributed by atoms with E-state index in [0.29, 0.717) is 5.84 Å². The molecule has 0 saturated carbocycles. The van der Waals surface area contributed by atoms with Crippen LogP contribution in [0.15, 0.2) is 239 Å². The van der Waals surface area contributed by atoms with Gasteiger partial charge in [0.25, 0.3) is 0 Å². The third-order valence-corrected chi connectivity index (χ3v) is 14.8. The van der Waals surface area contributed by atoms with Crippen molar-refractivity contribution in [3.05, 3.63) is 241 Å². The fourth-order valence-electron chi connectivity index (χ4n) is 11.5. The summed E-state index contributed by atoms with van der Waals surface area (Å²) in [6.45, 7) is 0. The molecule has 0 amide bonds. The van der Waals surface area contributed by atoms with Crippen LogP contribution in [0.4, 0.5) is 0 Å². The maximum atomic E-state index is 7.13. The van der Waals surface area contributed by atoms with E-state index in [1.807, 2.05) is 6.07 Å². The number of furan rings is 1. The standard InChI is InChI=1S/C66H41N3O/c1-2-16-44-39-61-57(38-43(44)15-1)55-33-28-42-14-5-8-19-53(42)64(55)69(61)60-35-34-56-54-20-9-10-23-62(54)70-65(56)63(60)66-67-58(47-29-31-51-45(36-47)26-24-40-12-3-6-17-49(40)51)21-11-22-59(68-66)48-30-32-52-46(37-48)27-25-41-13-4-7-18-50(41)52/h1-10,12-21,23-39H,11,22H2. The molecule has 0 aliphatic carbocycles. The van der Waals surface area contributed by atoms with Crippen LogP contribution in [-0.4, -0.2) is 16.1 Å². The molecule has 0 N–H and O–H groups in total. The average Bonchev–Trinajstić information content (AvgIpc) is 3.95. The summed E-state index contributed by atoms with van der Waals surface area (Å²) in [5.74, 6) is 0.605. The molecule has 1 aliphatic rings. The maximum absolute atomic E-state index is 7.13. The van der Waals surface area contributed by atoms with Gasteiger partial charge >= 0.3 is 0 Å². The number of rotatable bonds is 4. The lowest BCUT2D eigenvalue weighted by Gasteiger charge is -2.18. The number of allylic oxidation sites excluding steroid dienone is 1. The van der Waals surface area contributed by atoms with Crippen LogP contribution in [0.2, 0.25) is 0 Å². The summed E-state index contributed by atoms with van der Waals surface area (Å²) in [5, 5.41) is 19.0. The Morgan fingerprint density at radius 3 is 1.67 bits per heavy atom. The summed E-state index contributed by atoms with van der Waals surface area (Å²) in [4.78, 5) is 11.6. The highest BCUT2D eigenvalue weighted by molar-refractivity contribution is 6.25. The molecule has 326 valence electrons. The highest BCUT2D eigenvalue weighted by atomic mass is 16.3. The number of hydrogen-bond donors (Lipinski definition) is 0. The highest BCUT2D eigenvalue weighted by Gasteiger charge is 2.26. The molecule has 4 heteroatoms. The van der Waals surface area contributed by atoms with Crippen LogP contribution in [0, 0.1) is 0 Å². The van der Waals surface area contributed by atoms with Crippen LogP contribution < -0.4 is 0 Å². The van der Waals surface area contributed by atoms with Crippen molar-refractivity contribution in [2.75, 3.05) is 0 Å². The molecule has 4 nitrogen and oxygen atoms in total. The fraction of sp³-hybridized carbons (Fsp3) is 0.0303. The van der Waals surface area contributed by atoms with E-state index in [9.17, 15) is 0 Å². The Balaban J connectivity index is 1.05. The summed E-state index contributed by atoms with van der Waals surface area (Å²) in [5.41, 5.74) is 9.61. The van der Waals surface area contributed by atoms with Crippen molar-refractivity contribution in [2.24, 2.45) is 9.98 Å². The number of para-hydroxylation sites is 1. The van der Waals surface area contributed by atoms with Gasteiger partial charge in [0, 0.05) is 32.5 Å². The summed E-state index contributed by atoms with van der Waals surface area (Å²) >= 11 is 0. The van der Waals surface area contributed by atoms with Crippen molar-refractivity contribution in [2.45, 2.75) is 12.8 Å². The molecular weight excluding hydrogens is 851 g/mol. The molecule has 0 fully saturated rings. The molecule has 2 aromatic heterocycles. The average molecular weight is 892 g/mol. The molecule has 15 rings (SSSR count). The number of hydrogen-bond acceptors (Lipinski definition) is 3. The van der Waals surface area contributed by atoms with Crippen LogP contribution in [0.25, 0.3) is 120 Å². The van der Waals surface area contributed by atoms with E-state index in [-0.39, 0.29) is 0 Å². The quantitative estimate of drug-likeness (QED) is 0.162. The number of fused-ring (bicyclic) bond motifs is 15. The van der Waals surface area contributed by atoms with Gasteiger partial charge in [-0.05, 0) is 120 Å². The van der Waals surface area contributed by atoms with Gasteiger partial charge in [-0.2, -0.15) is 0 Å². The summed E-state index contributed by atoms with van der Waals surface area (Å²) in [7, 11) is 0. The van der Waals surface area contributed by atoms with Crippen molar-refractivity contribution in [3.63, 3.8) is 0 Å². The summed E-state index contributed by atoms with van der Waals surface area (Å²) < 4.78 is 9.59. The first-order valence-electron chi connectivity index (χ1n) is 24.2. The largest absolute Gasteiger partial charge is 0.455 e. The molecule has 70 heavy (non-hydrogen) atoms. The third kappa shape index (κ3) is 5.96. The van der Waals surface area contributed by atoms with Gasteiger partial charge in [-0.25, -0.2) is 9.98 Å². The van der Waals surface area contributed by atoms with Gasteiger partial charge < -0.3 is 8.98 Å². The lowest BCUT2D eigenvalue weighted by molar-refractivity contribution is 0.667. The zero-order valence-corrected chi connectivity index (χ0v) is 38.0. The first kappa shape index (κ1) is 38.9. The van der Waals surface area contributed by atoms with Gasteiger partial charge in [0.2, 0.25) is 0 Å². The first-order valence-corrected chi connectivity index (χ1v) is 24.2. The maximum Gasteiger partial charge on any atom is 0.165 e. The topological polar surface area (TPSA) is 42.8 Å². The first-order chi connectivity index (χ1) is 34.7. The Morgan fingerprint density at radius 2 is 0.929 bits per heavy atom. The van der Waals surface area contributed by atoms with E-state index >= 15 is 0 Å². The molecular formula is C66H41N3O. The normalized spacial score (nSPS) is 13.6. The third-order valence-electron chi connectivity index (χ3n) is 14.8. The second-order valence-electron chi connectivity index (χ2n) is 18.7. The van der Waals surface area contributed by atoms with Crippen molar-refractivity contribution in [1.82, 2.24) is 4.57 Å². The second-order valence-corrected chi connectivity index (χ2v) is 18.7. The van der Waals surface area contributed by atoms with E-state index in [0.717, 1.165) is 79.6 Å². The molecule has 0 bridgehead atoms. The van der Waals surface area contributed by atoms with E-state index in [1.54, 1.807) is 0 Å². The predicted molar refractivity (Wildman–Crippen MR) is 296 cm³/mol. The minimum absolute atomic E-state index is 0.605. The molecule has 0 spiro atoms. The van der Waals surface area contributed by atoms with Crippen molar-refractivity contribution in [3.8, 4) is 5.69 Å². The van der Waals surface area contributed by atoms with E-state index < -0.39 is 0 Å². The molecule has 0 radical (unpaired) electrons. The van der Waals surface area contributed by atoms with Crippen LogP contribution >= 0.6 is 0 Å². The minimum atomic E-state index is 0.605. The lowest BCUT2D eigenvalue weighted by Crippen LogP contribution is -2.12. The predicted octanol–water partition coefficient (Wildman–Crippen LogP) is 17.7. The van der Waals surface area contributed by atoms with Crippen molar-refractivity contribution >= 4 is 126 Å². The fourth-order valence-corrected chi connectivity index (χ4v) is 11.5. The number of aliphatic imine (C=N–C) groups is 2. The van der Waals surface area contributed by atoms with E-state index in [4.69, 9.17) is 14.4 Å². The Hall–Kier alpha value is -9.12. The zero-order chi connectivity index (χ0) is 45.9. The molecule has 1 aliphatic heterocycles. The number of amidine groups is 1. The van der Waals surface area contributed by atoms with Crippen LogP contribution in [0.5, 0.6) is 0 Å². The van der Waals surface area contributed by atoms with Gasteiger partial charge in [-0.1, -0.05) is 182 Å². The van der Waals surface area contributed by atoms with Gasteiger partial charge in [-0.15, -0.1) is 0 Å². The van der Waals surface area contributed by atoms with Crippen LogP contribution in [0.3, 0.4) is 0 Å². The molecule has 3 heterocycles. The smallest absolute Gasteiger partial charge is 0.165 e. The van der Waals surface area contributed by atoms with Gasteiger partial charge in [0.15, 0.2) is 5.84 Å². The zero-order valence-electron chi connectivity index (χ0n) is 38.0. The monoisotopic (exact) mass is 891 g/mol. The molecule has 14 aromatic rings. The molecule has 0 saturated heterocycles. The SMILES string of the molecule is C1=C(c2ccc3c(ccc4ccccc43)c2)N=C(c2c(-n3c4cc5ccccc5cc4c4ccc5ccccc5c43)ccc3c2oc2ccccc23)N=C(c2ccc3c(ccc4ccccc43)c2)CC1. The summed E-state index contributed by atoms with van der Waals surface area (Å²) in [6, 6.07) is 79.3. The highest BCUT2D eigenvalue weighted by Crippen LogP contribution is 2.43. The van der Waals surface area contributed by atoms with Crippen molar-refractivity contribution in [1.29, 1.82) is 0 Å². The summed E-state index contributed by atoms with van der Waals surface area (Å²) in [6.07, 6.45) is 3.80. The van der Waals surface area contributed by atoms with Gasteiger partial charge in [0.05, 0.1) is 33.7 Å². The van der Waals surface area contributed by atoms with Crippen molar-refractivity contribution < 1.29 is 4.42 Å². The van der Waals surface area contributed by atoms with Crippen LogP contribution in [-0.2, 0) is 0 Å². The van der Waals surface area contributed by atoms with E-state index in [2.05, 4.69) is 223 Å². The molecule has 0 atom stereocenters. The molecule has 12 aromatic carbocycles. The second kappa shape index (κ2) is 15.2. The van der Waals surface area contributed by atoms with Crippen LogP contribution in [0.1, 0.15) is 29.5 Å². The molecule has 0 unspecified atom stereocenters. The Morgan fingerprint density at radius 1 is 0.386 bits per heavy atom. The van der Waals surface area contributed by atoms with Gasteiger partial charge in [0.1, 0.15) is 11.2 Å². The number of benzene rings is 12. The Bertz CT molecular complexity index is 4660. The number of aromatic nitrogens is 1. The number of nitrogens with zero attached hydrogens (tertiary/aromatic N) is 3. The van der Waals surface area contributed by atoms with E-state index in [1.165, 1.54) is 75.4 Å². The van der Waals surface area contributed by atoms with Gasteiger partial charge in [-0.3, -0.25) is 0 Å².